The van der Waals surface area contributed by atoms with Crippen LogP contribution in [0.15, 0.2) is 0 Å². The van der Waals surface area contributed by atoms with Crippen LogP contribution in [0.2, 0.25) is 0 Å². The molecular weight excluding hydrogens is 328 g/mol. The van der Waals surface area contributed by atoms with Crippen molar-refractivity contribution in [3.05, 3.63) is 0 Å². The van der Waals surface area contributed by atoms with Crippen LogP contribution in [0.25, 0.3) is 0 Å². The molecule has 0 radical (unpaired) electrons. The molecule has 4 nitrogen and oxygen atoms in total. The van der Waals surface area contributed by atoms with Crippen LogP contribution >= 0.6 is 0 Å². The van der Waals surface area contributed by atoms with Gasteiger partial charge in [0.15, 0.2) is 5.79 Å². The van der Waals surface area contributed by atoms with Gasteiger partial charge in [0, 0.05) is 32.7 Å². The van der Waals surface area contributed by atoms with Crippen molar-refractivity contribution in [2.75, 3.05) is 33.0 Å². The van der Waals surface area contributed by atoms with Gasteiger partial charge in [-0.2, -0.15) is 0 Å². The Labute approximate surface area is 162 Å². The second kappa shape index (κ2) is 15.9. The minimum atomic E-state index is -0.408. The quantitative estimate of drug-likeness (QED) is 0.152. The Morgan fingerprint density at radius 1 is 0.731 bits per heavy atom. The van der Waals surface area contributed by atoms with Crippen LogP contribution in [0.4, 0.5) is 0 Å². The van der Waals surface area contributed by atoms with E-state index in [0.717, 1.165) is 65.1 Å². The Kier molecular flexibility index (Phi) is 14.6. The third-order valence-corrected chi connectivity index (χ3v) is 4.85. The fourth-order valence-corrected chi connectivity index (χ4v) is 3.21. The zero-order chi connectivity index (χ0) is 18.9. The Balaban J connectivity index is 2.33. The lowest BCUT2D eigenvalue weighted by Gasteiger charge is -2.34. The second-order valence-electron chi connectivity index (χ2n) is 7.61. The average molecular weight is 373 g/mol. The first-order valence-electron chi connectivity index (χ1n) is 11.2. The molecule has 0 saturated carbocycles. The molecule has 0 aliphatic carbocycles. The zero-order valence-corrected chi connectivity index (χ0v) is 17.7. The van der Waals surface area contributed by atoms with E-state index < -0.39 is 5.79 Å². The fourth-order valence-electron chi connectivity index (χ4n) is 3.21. The summed E-state index contributed by atoms with van der Waals surface area (Å²) in [6.45, 7) is 10.5. The second-order valence-corrected chi connectivity index (χ2v) is 7.61. The monoisotopic (exact) mass is 372 g/mol. The number of ether oxygens (including phenoxy) is 4. The summed E-state index contributed by atoms with van der Waals surface area (Å²) < 4.78 is 23.4. The lowest BCUT2D eigenvalue weighted by Crippen LogP contribution is -2.37. The van der Waals surface area contributed by atoms with Crippen LogP contribution < -0.4 is 0 Å². The van der Waals surface area contributed by atoms with Gasteiger partial charge < -0.3 is 18.9 Å². The van der Waals surface area contributed by atoms with Gasteiger partial charge in [-0.25, -0.2) is 0 Å². The van der Waals surface area contributed by atoms with Crippen molar-refractivity contribution in [2.45, 2.75) is 110 Å². The topological polar surface area (TPSA) is 40.2 Å². The summed E-state index contributed by atoms with van der Waals surface area (Å²) in [4.78, 5) is 0. The third kappa shape index (κ3) is 12.3. The molecule has 1 fully saturated rings. The van der Waals surface area contributed by atoms with Crippen LogP contribution in [0.3, 0.4) is 0 Å². The fraction of sp³-hybridized carbons (Fsp3) is 1.00. The lowest BCUT2D eigenvalue weighted by molar-refractivity contribution is -0.247. The number of hydrogen-bond donors (Lipinski definition) is 0. The molecule has 0 N–H and O–H groups in total. The molecule has 1 aliphatic heterocycles. The number of rotatable bonds is 20. The van der Waals surface area contributed by atoms with Crippen LogP contribution in [0, 0.1) is 0 Å². The van der Waals surface area contributed by atoms with Gasteiger partial charge in [-0.1, -0.05) is 59.3 Å². The van der Waals surface area contributed by atoms with E-state index >= 15 is 0 Å². The maximum atomic E-state index is 6.26. The number of hydrogen-bond acceptors (Lipinski definition) is 4. The highest BCUT2D eigenvalue weighted by Gasteiger charge is 2.31. The van der Waals surface area contributed by atoms with E-state index in [1.807, 2.05) is 0 Å². The van der Waals surface area contributed by atoms with Crippen molar-refractivity contribution in [3.63, 3.8) is 0 Å². The highest BCUT2D eigenvalue weighted by molar-refractivity contribution is 4.72. The molecule has 0 amide bonds. The van der Waals surface area contributed by atoms with E-state index in [9.17, 15) is 0 Å². The molecule has 4 heteroatoms. The SMILES string of the molecule is CCCCCCCCCC(CCCOC[C@H]1CO1)(OCCC)OCCC. The number of epoxide rings is 1. The summed E-state index contributed by atoms with van der Waals surface area (Å²) in [5, 5.41) is 0. The van der Waals surface area contributed by atoms with E-state index in [-0.39, 0.29) is 0 Å². The standard InChI is InChI=1S/C22H44O4/c1-4-7-8-9-10-11-12-14-22(25-16-5-2,26-17-6-3)15-13-18-23-19-21-20-24-21/h21H,4-20H2,1-3H3/t21-/m0/s1. The smallest absolute Gasteiger partial charge is 0.168 e. The molecule has 0 aromatic rings. The minimum absolute atomic E-state index is 0.347. The predicted molar refractivity (Wildman–Crippen MR) is 108 cm³/mol. The zero-order valence-electron chi connectivity index (χ0n) is 17.7. The van der Waals surface area contributed by atoms with Crippen LogP contribution in [0.1, 0.15) is 97.8 Å². The van der Waals surface area contributed by atoms with Crippen molar-refractivity contribution in [2.24, 2.45) is 0 Å². The van der Waals surface area contributed by atoms with Gasteiger partial charge in [0.2, 0.25) is 0 Å². The van der Waals surface area contributed by atoms with E-state index in [2.05, 4.69) is 20.8 Å². The van der Waals surface area contributed by atoms with Gasteiger partial charge >= 0.3 is 0 Å². The molecular formula is C22H44O4. The molecule has 156 valence electrons. The summed E-state index contributed by atoms with van der Waals surface area (Å²) in [5.41, 5.74) is 0. The molecule has 0 spiro atoms. The first-order chi connectivity index (χ1) is 12.8. The molecule has 1 atom stereocenters. The summed E-state index contributed by atoms with van der Waals surface area (Å²) in [7, 11) is 0. The molecule has 0 bridgehead atoms. The maximum absolute atomic E-state index is 6.26. The Hall–Kier alpha value is -0.160. The molecule has 1 aliphatic rings. The lowest BCUT2D eigenvalue weighted by atomic mass is 10.0. The number of unbranched alkanes of at least 4 members (excludes halogenated alkanes) is 6. The van der Waals surface area contributed by atoms with Gasteiger partial charge in [0.1, 0.15) is 6.10 Å². The van der Waals surface area contributed by atoms with Crippen molar-refractivity contribution in [1.29, 1.82) is 0 Å². The van der Waals surface area contributed by atoms with Gasteiger partial charge in [-0.3, -0.25) is 0 Å². The molecule has 1 saturated heterocycles. The van der Waals surface area contributed by atoms with E-state index in [4.69, 9.17) is 18.9 Å². The minimum Gasteiger partial charge on any atom is -0.379 e. The maximum Gasteiger partial charge on any atom is 0.168 e. The van der Waals surface area contributed by atoms with Crippen molar-refractivity contribution < 1.29 is 18.9 Å². The molecule has 0 aromatic heterocycles. The molecule has 0 aromatic carbocycles. The third-order valence-electron chi connectivity index (χ3n) is 4.85. The van der Waals surface area contributed by atoms with Crippen LogP contribution in [0.5, 0.6) is 0 Å². The summed E-state index contributed by atoms with van der Waals surface area (Å²) in [5.74, 6) is -0.408. The summed E-state index contributed by atoms with van der Waals surface area (Å²) >= 11 is 0. The normalized spacial score (nSPS) is 17.0. The Bertz CT molecular complexity index is 297. The van der Waals surface area contributed by atoms with Crippen molar-refractivity contribution >= 4 is 0 Å². The molecule has 1 heterocycles. The van der Waals surface area contributed by atoms with Crippen molar-refractivity contribution in [1.82, 2.24) is 0 Å². The van der Waals surface area contributed by atoms with Gasteiger partial charge in [0.05, 0.1) is 13.2 Å². The largest absolute Gasteiger partial charge is 0.379 e. The molecule has 1 rings (SSSR count). The first-order valence-corrected chi connectivity index (χ1v) is 11.2. The summed E-state index contributed by atoms with van der Waals surface area (Å²) in [6.07, 6.45) is 14.6. The van der Waals surface area contributed by atoms with E-state index in [0.29, 0.717) is 6.10 Å². The van der Waals surface area contributed by atoms with Gasteiger partial charge in [0.25, 0.3) is 0 Å². The average Bonchev–Trinajstić information content (AvgIpc) is 3.47. The molecule has 26 heavy (non-hydrogen) atoms. The van der Waals surface area contributed by atoms with Crippen LogP contribution in [-0.4, -0.2) is 44.9 Å². The predicted octanol–water partition coefficient (Wildman–Crippen LogP) is 5.87. The highest BCUT2D eigenvalue weighted by Crippen LogP contribution is 2.28. The van der Waals surface area contributed by atoms with Gasteiger partial charge in [-0.15, -0.1) is 0 Å². The van der Waals surface area contributed by atoms with Crippen molar-refractivity contribution in [3.8, 4) is 0 Å². The Morgan fingerprint density at radius 3 is 1.88 bits per heavy atom. The van der Waals surface area contributed by atoms with E-state index in [1.54, 1.807) is 0 Å². The van der Waals surface area contributed by atoms with E-state index in [1.165, 1.54) is 44.9 Å². The Morgan fingerprint density at radius 2 is 1.31 bits per heavy atom. The first kappa shape index (κ1) is 23.9. The molecule has 0 unspecified atom stereocenters. The summed E-state index contributed by atoms with van der Waals surface area (Å²) in [6, 6.07) is 0. The van der Waals surface area contributed by atoms with Crippen LogP contribution in [-0.2, 0) is 18.9 Å². The highest BCUT2D eigenvalue weighted by atomic mass is 16.7. The van der Waals surface area contributed by atoms with Gasteiger partial charge in [-0.05, 0) is 25.7 Å².